The summed E-state index contributed by atoms with van der Waals surface area (Å²) in [5, 5.41) is 4.62. The number of carbonyl (C=O) groups excluding carboxylic acids is 1. The molecule has 3 aromatic rings. The summed E-state index contributed by atoms with van der Waals surface area (Å²) in [5.74, 6) is -0.0896. The summed E-state index contributed by atoms with van der Waals surface area (Å²) in [6.07, 6.45) is 3.38. The van der Waals surface area contributed by atoms with E-state index in [9.17, 15) is 9.18 Å². The van der Waals surface area contributed by atoms with Crippen molar-refractivity contribution < 1.29 is 9.18 Å². The second kappa shape index (κ2) is 6.64. The van der Waals surface area contributed by atoms with Crippen LogP contribution in [0.5, 0.6) is 0 Å². The van der Waals surface area contributed by atoms with Gasteiger partial charge in [0.05, 0.1) is 9.35 Å². The number of benzene rings is 1. The molecular formula is C16H13BrFN3OS. The van der Waals surface area contributed by atoms with Gasteiger partial charge in [-0.05, 0) is 28.1 Å². The summed E-state index contributed by atoms with van der Waals surface area (Å²) in [7, 11) is 1.81. The van der Waals surface area contributed by atoms with Crippen molar-refractivity contribution in [3.8, 4) is 0 Å². The Bertz CT molecular complexity index is 845. The second-order valence-electron chi connectivity index (χ2n) is 4.96. The number of nitrogens with one attached hydrogen (secondary N) is 1. The standard InChI is InChI=1S/C16H13BrFN3OS/c1-21-7-6-19-15(21)14(11-4-2-3-5-12(11)18)20-16(22)10-8-13(17)23-9-10/h2-9,14H,1H3,(H,20,22). The first-order valence-electron chi connectivity index (χ1n) is 6.83. The quantitative estimate of drug-likeness (QED) is 0.730. The van der Waals surface area contributed by atoms with E-state index >= 15 is 0 Å². The molecule has 23 heavy (non-hydrogen) atoms. The van der Waals surface area contributed by atoms with E-state index in [4.69, 9.17) is 0 Å². The van der Waals surface area contributed by atoms with Gasteiger partial charge < -0.3 is 9.88 Å². The van der Waals surface area contributed by atoms with Gasteiger partial charge in [-0.2, -0.15) is 0 Å². The maximum absolute atomic E-state index is 14.2. The summed E-state index contributed by atoms with van der Waals surface area (Å²) >= 11 is 4.76. The summed E-state index contributed by atoms with van der Waals surface area (Å²) in [4.78, 5) is 16.7. The first kappa shape index (κ1) is 15.9. The average molecular weight is 394 g/mol. The maximum Gasteiger partial charge on any atom is 0.253 e. The van der Waals surface area contributed by atoms with Gasteiger partial charge in [0.2, 0.25) is 0 Å². The van der Waals surface area contributed by atoms with Crippen molar-refractivity contribution in [3.05, 3.63) is 74.7 Å². The van der Waals surface area contributed by atoms with Crippen molar-refractivity contribution in [2.75, 3.05) is 0 Å². The zero-order valence-corrected chi connectivity index (χ0v) is 14.6. The minimum absolute atomic E-state index is 0.275. The van der Waals surface area contributed by atoms with Gasteiger partial charge in [-0.1, -0.05) is 18.2 Å². The van der Waals surface area contributed by atoms with Gasteiger partial charge in [0, 0.05) is 30.4 Å². The molecule has 3 rings (SSSR count). The van der Waals surface area contributed by atoms with Crippen LogP contribution in [0, 0.1) is 5.82 Å². The fraction of sp³-hybridized carbons (Fsp3) is 0.125. The van der Waals surface area contributed by atoms with Gasteiger partial charge in [0.15, 0.2) is 0 Å². The van der Waals surface area contributed by atoms with Gasteiger partial charge in [0.1, 0.15) is 17.7 Å². The molecule has 1 aromatic carbocycles. The van der Waals surface area contributed by atoms with Crippen LogP contribution in [-0.4, -0.2) is 15.5 Å². The first-order chi connectivity index (χ1) is 11.1. The molecule has 2 heterocycles. The zero-order valence-electron chi connectivity index (χ0n) is 12.2. The van der Waals surface area contributed by atoms with E-state index < -0.39 is 6.04 Å². The molecule has 1 N–H and O–H groups in total. The van der Waals surface area contributed by atoms with Crippen molar-refractivity contribution >= 4 is 33.2 Å². The van der Waals surface area contributed by atoms with Crippen LogP contribution >= 0.6 is 27.3 Å². The molecule has 0 radical (unpaired) electrons. The summed E-state index contributed by atoms with van der Waals surface area (Å²) in [6.45, 7) is 0. The van der Waals surface area contributed by atoms with Gasteiger partial charge >= 0.3 is 0 Å². The highest BCUT2D eigenvalue weighted by molar-refractivity contribution is 9.11. The molecule has 118 valence electrons. The van der Waals surface area contributed by atoms with E-state index in [1.165, 1.54) is 17.4 Å². The van der Waals surface area contributed by atoms with E-state index in [1.54, 1.807) is 46.6 Å². The predicted octanol–water partition coefficient (Wildman–Crippen LogP) is 3.90. The van der Waals surface area contributed by atoms with Crippen LogP contribution < -0.4 is 5.32 Å². The van der Waals surface area contributed by atoms with Crippen molar-refractivity contribution in [1.82, 2.24) is 14.9 Å². The summed E-state index contributed by atoms with van der Waals surface area (Å²) < 4.78 is 16.9. The zero-order chi connectivity index (χ0) is 16.4. The Hall–Kier alpha value is -1.99. The van der Waals surface area contributed by atoms with E-state index in [2.05, 4.69) is 26.2 Å². The Kier molecular flexibility index (Phi) is 4.58. The number of aromatic nitrogens is 2. The number of hydrogen-bond acceptors (Lipinski definition) is 3. The minimum Gasteiger partial charge on any atom is -0.338 e. The van der Waals surface area contributed by atoms with E-state index in [0.717, 1.165) is 3.79 Å². The van der Waals surface area contributed by atoms with Crippen molar-refractivity contribution in [2.45, 2.75) is 6.04 Å². The lowest BCUT2D eigenvalue weighted by atomic mass is 10.0. The van der Waals surface area contributed by atoms with Crippen LogP contribution in [0.3, 0.4) is 0 Å². The van der Waals surface area contributed by atoms with E-state index in [0.29, 0.717) is 17.0 Å². The number of thiophene rings is 1. The molecule has 7 heteroatoms. The monoisotopic (exact) mass is 393 g/mol. The molecule has 1 atom stereocenters. The largest absolute Gasteiger partial charge is 0.338 e. The number of halogens is 2. The molecule has 2 aromatic heterocycles. The van der Waals surface area contributed by atoms with Crippen LogP contribution in [0.25, 0.3) is 0 Å². The number of amides is 1. The number of hydrogen-bond donors (Lipinski definition) is 1. The fourth-order valence-electron chi connectivity index (χ4n) is 2.29. The molecule has 0 spiro atoms. The normalized spacial score (nSPS) is 12.1. The van der Waals surface area contributed by atoms with Crippen LogP contribution in [0.4, 0.5) is 4.39 Å². The molecule has 0 aliphatic rings. The second-order valence-corrected chi connectivity index (χ2v) is 7.25. The Morgan fingerprint density at radius 3 is 2.83 bits per heavy atom. The molecular weight excluding hydrogens is 381 g/mol. The van der Waals surface area contributed by atoms with Crippen LogP contribution in [0.1, 0.15) is 27.8 Å². The predicted molar refractivity (Wildman–Crippen MR) is 90.9 cm³/mol. The summed E-state index contributed by atoms with van der Waals surface area (Å²) in [6, 6.07) is 7.45. The van der Waals surface area contributed by atoms with Gasteiger partial charge in [-0.15, -0.1) is 11.3 Å². The minimum atomic E-state index is -0.664. The van der Waals surface area contributed by atoms with Crippen molar-refractivity contribution in [1.29, 1.82) is 0 Å². The lowest BCUT2D eigenvalue weighted by Crippen LogP contribution is -2.31. The number of aryl methyl sites for hydroxylation is 1. The maximum atomic E-state index is 14.2. The summed E-state index contributed by atoms with van der Waals surface area (Å²) in [5.41, 5.74) is 0.905. The third-order valence-electron chi connectivity index (χ3n) is 3.44. The Balaban J connectivity index is 1.98. The molecule has 1 unspecified atom stereocenters. The Morgan fingerprint density at radius 2 is 2.22 bits per heavy atom. The highest BCUT2D eigenvalue weighted by Gasteiger charge is 2.24. The highest BCUT2D eigenvalue weighted by Crippen LogP contribution is 2.25. The van der Waals surface area contributed by atoms with Crippen LogP contribution in [0.2, 0.25) is 0 Å². The number of rotatable bonds is 4. The SMILES string of the molecule is Cn1ccnc1C(NC(=O)c1csc(Br)c1)c1ccccc1F. The first-order valence-corrected chi connectivity index (χ1v) is 8.50. The van der Waals surface area contributed by atoms with E-state index in [1.807, 2.05) is 7.05 Å². The highest BCUT2D eigenvalue weighted by atomic mass is 79.9. The van der Waals surface area contributed by atoms with Gasteiger partial charge in [-0.3, -0.25) is 4.79 Å². The smallest absolute Gasteiger partial charge is 0.253 e. The third kappa shape index (κ3) is 3.35. The number of carbonyl (C=O) groups is 1. The lowest BCUT2D eigenvalue weighted by molar-refractivity contribution is 0.0941. The van der Waals surface area contributed by atoms with Gasteiger partial charge in [0.25, 0.3) is 5.91 Å². The fourth-order valence-corrected chi connectivity index (χ4v) is 3.43. The number of imidazole rings is 1. The average Bonchev–Trinajstić information content (AvgIpc) is 3.14. The molecule has 1 amide bonds. The Morgan fingerprint density at radius 1 is 1.43 bits per heavy atom. The van der Waals surface area contributed by atoms with Crippen LogP contribution in [-0.2, 0) is 7.05 Å². The van der Waals surface area contributed by atoms with E-state index in [-0.39, 0.29) is 11.7 Å². The molecule has 0 saturated heterocycles. The topological polar surface area (TPSA) is 46.9 Å². The molecule has 4 nitrogen and oxygen atoms in total. The molecule has 0 bridgehead atoms. The number of nitrogens with zero attached hydrogens (tertiary/aromatic N) is 2. The Labute approximate surface area is 145 Å². The third-order valence-corrected chi connectivity index (χ3v) is 4.94. The van der Waals surface area contributed by atoms with Gasteiger partial charge in [-0.25, -0.2) is 9.37 Å². The van der Waals surface area contributed by atoms with Crippen molar-refractivity contribution in [3.63, 3.8) is 0 Å². The van der Waals surface area contributed by atoms with Crippen molar-refractivity contribution in [2.24, 2.45) is 7.05 Å². The van der Waals surface area contributed by atoms with Crippen LogP contribution in [0.15, 0.2) is 51.9 Å². The lowest BCUT2D eigenvalue weighted by Gasteiger charge is -2.19. The molecule has 0 fully saturated rings. The molecule has 0 saturated carbocycles. The molecule has 0 aliphatic carbocycles. The molecule has 0 aliphatic heterocycles.